The number of aliphatic carboxylic acids is 1. The van der Waals surface area contributed by atoms with Crippen molar-refractivity contribution in [2.75, 3.05) is 13.7 Å². The maximum atomic E-state index is 12.8. The van der Waals surface area contributed by atoms with Gasteiger partial charge in [-0.15, -0.1) is 0 Å². The molecule has 0 fully saturated rings. The molecule has 4 atom stereocenters. The Morgan fingerprint density at radius 1 is 1.24 bits per heavy atom. The Bertz CT molecular complexity index is 1160. The average molecular weight is 547 g/mol. The van der Waals surface area contributed by atoms with E-state index >= 15 is 0 Å². The highest BCUT2D eigenvalue weighted by atomic mass is 35.5. The first-order valence-electron chi connectivity index (χ1n) is 12.2. The van der Waals surface area contributed by atoms with E-state index in [0.29, 0.717) is 16.3 Å². The summed E-state index contributed by atoms with van der Waals surface area (Å²) in [5, 5.41) is 29.3. The number of aliphatic hydroxyl groups excluding tert-OH is 1. The van der Waals surface area contributed by atoms with Crippen LogP contribution in [-0.4, -0.2) is 63.6 Å². The Morgan fingerprint density at radius 2 is 1.97 bits per heavy atom. The zero-order chi connectivity index (χ0) is 28.2. The average Bonchev–Trinajstić information content (AvgIpc) is 3.30. The summed E-state index contributed by atoms with van der Waals surface area (Å²) in [6.07, 6.45) is 7.92. The van der Waals surface area contributed by atoms with Crippen molar-refractivity contribution in [1.82, 2.24) is 20.4 Å². The minimum absolute atomic E-state index is 0.0875. The van der Waals surface area contributed by atoms with Gasteiger partial charge in [-0.05, 0) is 42.3 Å². The van der Waals surface area contributed by atoms with Crippen molar-refractivity contribution in [3.05, 3.63) is 65.0 Å². The number of aromatic nitrogens is 2. The maximum absolute atomic E-state index is 12.8. The van der Waals surface area contributed by atoms with Crippen molar-refractivity contribution < 1.29 is 29.3 Å². The number of nitrogens with zero attached hydrogens (tertiary/aromatic N) is 2. The summed E-state index contributed by atoms with van der Waals surface area (Å²) >= 11 is 6.20. The van der Waals surface area contributed by atoms with Gasteiger partial charge in [0.05, 0.1) is 29.8 Å². The first-order valence-corrected chi connectivity index (χ1v) is 12.5. The monoisotopic (exact) mass is 546 g/mol. The SMILES string of the molecule is COc1ccc(CC(NC(=O)/C=C/C[C@H](O)[C@H](C)/C=C/c2ccn(C)n2)C(=O)NCC(C)C(=O)O)cc1Cl. The Labute approximate surface area is 227 Å². The van der Waals surface area contributed by atoms with Crippen molar-refractivity contribution in [2.45, 2.75) is 38.8 Å². The quantitative estimate of drug-likeness (QED) is 0.267. The van der Waals surface area contributed by atoms with Crippen LogP contribution in [0.3, 0.4) is 0 Å². The highest BCUT2D eigenvalue weighted by Crippen LogP contribution is 2.25. The Kier molecular flexibility index (Phi) is 12.0. The topological polar surface area (TPSA) is 143 Å². The number of ether oxygens (including phenoxy) is 1. The molecule has 1 heterocycles. The number of amides is 2. The number of aryl methyl sites for hydroxylation is 1. The zero-order valence-electron chi connectivity index (χ0n) is 21.9. The van der Waals surface area contributed by atoms with E-state index in [4.69, 9.17) is 21.4 Å². The van der Waals surface area contributed by atoms with Crippen molar-refractivity contribution in [2.24, 2.45) is 18.9 Å². The van der Waals surface area contributed by atoms with E-state index in [2.05, 4.69) is 15.7 Å². The molecule has 206 valence electrons. The van der Waals surface area contributed by atoms with Crippen LogP contribution in [0.25, 0.3) is 6.08 Å². The second kappa shape index (κ2) is 14.9. The van der Waals surface area contributed by atoms with Gasteiger partial charge in [0.25, 0.3) is 0 Å². The van der Waals surface area contributed by atoms with Gasteiger partial charge in [0.15, 0.2) is 0 Å². The van der Waals surface area contributed by atoms with E-state index in [1.165, 1.54) is 26.2 Å². The molecule has 0 aliphatic rings. The second-order valence-corrected chi connectivity index (χ2v) is 9.46. The molecule has 1 aromatic heterocycles. The number of rotatable bonds is 14. The lowest BCUT2D eigenvalue weighted by atomic mass is 10.0. The molecule has 10 nitrogen and oxygen atoms in total. The lowest BCUT2D eigenvalue weighted by Crippen LogP contribution is -2.48. The zero-order valence-corrected chi connectivity index (χ0v) is 22.7. The molecule has 4 N–H and O–H groups in total. The lowest BCUT2D eigenvalue weighted by Gasteiger charge is -2.19. The van der Waals surface area contributed by atoms with E-state index in [1.807, 2.05) is 38.4 Å². The van der Waals surface area contributed by atoms with E-state index in [1.54, 1.807) is 22.9 Å². The predicted molar refractivity (Wildman–Crippen MR) is 145 cm³/mol. The summed E-state index contributed by atoms with van der Waals surface area (Å²) in [5.74, 6) is -2.60. The first kappa shape index (κ1) is 30.6. The molecule has 2 rings (SSSR count). The Hall–Kier alpha value is -3.63. The fourth-order valence-corrected chi connectivity index (χ4v) is 3.68. The van der Waals surface area contributed by atoms with Crippen LogP contribution in [0, 0.1) is 11.8 Å². The number of benzene rings is 1. The normalized spacial score (nSPS) is 14.7. The Balaban J connectivity index is 2.01. The van der Waals surface area contributed by atoms with Gasteiger partial charge in [-0.25, -0.2) is 0 Å². The molecular weight excluding hydrogens is 512 g/mol. The van der Waals surface area contributed by atoms with Gasteiger partial charge < -0.3 is 25.6 Å². The number of nitrogens with one attached hydrogen (secondary N) is 2. The Morgan fingerprint density at radius 3 is 2.58 bits per heavy atom. The molecule has 0 spiro atoms. The third-order valence-corrected chi connectivity index (χ3v) is 6.15. The molecule has 0 aliphatic carbocycles. The minimum atomic E-state index is -1.04. The van der Waals surface area contributed by atoms with E-state index in [0.717, 1.165) is 5.69 Å². The van der Waals surface area contributed by atoms with Gasteiger partial charge >= 0.3 is 5.97 Å². The van der Waals surface area contributed by atoms with E-state index < -0.39 is 35.8 Å². The van der Waals surface area contributed by atoms with Crippen LogP contribution in [0.1, 0.15) is 31.5 Å². The van der Waals surface area contributed by atoms with Crippen molar-refractivity contribution in [3.63, 3.8) is 0 Å². The summed E-state index contributed by atoms with van der Waals surface area (Å²) < 4.78 is 6.84. The van der Waals surface area contributed by atoms with E-state index in [-0.39, 0.29) is 25.3 Å². The third kappa shape index (κ3) is 10.0. The van der Waals surface area contributed by atoms with Gasteiger partial charge in [0, 0.05) is 32.1 Å². The van der Waals surface area contributed by atoms with Gasteiger partial charge in [0.1, 0.15) is 11.8 Å². The number of carbonyl (C=O) groups excluding carboxylic acids is 2. The maximum Gasteiger partial charge on any atom is 0.308 e. The number of carbonyl (C=O) groups is 3. The molecular formula is C27H35ClN4O6. The van der Waals surface area contributed by atoms with Gasteiger partial charge in [0.2, 0.25) is 11.8 Å². The summed E-state index contributed by atoms with van der Waals surface area (Å²) in [4.78, 5) is 36.5. The predicted octanol–water partition coefficient (Wildman–Crippen LogP) is 2.60. The molecule has 11 heteroatoms. The smallest absolute Gasteiger partial charge is 0.308 e. The number of aliphatic hydroxyl groups is 1. The number of carboxylic acids is 1. The molecule has 0 bridgehead atoms. The second-order valence-electron chi connectivity index (χ2n) is 9.06. The summed E-state index contributed by atoms with van der Waals surface area (Å²) in [7, 11) is 3.31. The molecule has 0 saturated heterocycles. The van der Waals surface area contributed by atoms with Crippen LogP contribution in [0.15, 0.2) is 48.7 Å². The molecule has 2 unspecified atom stereocenters. The molecule has 2 amide bonds. The lowest BCUT2D eigenvalue weighted by molar-refractivity contribution is -0.141. The van der Waals surface area contributed by atoms with Crippen LogP contribution < -0.4 is 15.4 Å². The fourth-order valence-electron chi connectivity index (χ4n) is 3.40. The van der Waals surface area contributed by atoms with Crippen molar-refractivity contribution >= 4 is 35.5 Å². The van der Waals surface area contributed by atoms with Gasteiger partial charge in [-0.3, -0.25) is 19.1 Å². The van der Waals surface area contributed by atoms with Crippen LogP contribution in [0.4, 0.5) is 0 Å². The van der Waals surface area contributed by atoms with Gasteiger partial charge in [-0.2, -0.15) is 5.10 Å². The number of methoxy groups -OCH3 is 1. The van der Waals surface area contributed by atoms with Crippen LogP contribution in [-0.2, 0) is 27.9 Å². The number of hydrogen-bond donors (Lipinski definition) is 4. The van der Waals surface area contributed by atoms with E-state index in [9.17, 15) is 19.5 Å². The van der Waals surface area contributed by atoms with Crippen LogP contribution in [0.2, 0.25) is 5.02 Å². The molecule has 0 saturated carbocycles. The summed E-state index contributed by atoms with van der Waals surface area (Å²) in [6, 6.07) is 5.89. The number of halogens is 1. The number of hydrogen-bond acceptors (Lipinski definition) is 6. The van der Waals surface area contributed by atoms with Gasteiger partial charge in [-0.1, -0.05) is 43.7 Å². The first-order chi connectivity index (χ1) is 18.0. The summed E-state index contributed by atoms with van der Waals surface area (Å²) in [6.45, 7) is 3.24. The molecule has 0 aliphatic heterocycles. The molecule has 1 aromatic carbocycles. The number of carboxylic acid groups (broad SMARTS) is 1. The fraction of sp³-hybridized carbons (Fsp3) is 0.407. The largest absolute Gasteiger partial charge is 0.495 e. The van der Waals surface area contributed by atoms with Crippen molar-refractivity contribution in [3.8, 4) is 5.75 Å². The summed E-state index contributed by atoms with van der Waals surface area (Å²) in [5.41, 5.74) is 1.46. The highest BCUT2D eigenvalue weighted by molar-refractivity contribution is 6.32. The van der Waals surface area contributed by atoms with Crippen LogP contribution in [0.5, 0.6) is 5.75 Å². The third-order valence-electron chi connectivity index (χ3n) is 5.85. The molecule has 2 aromatic rings. The van der Waals surface area contributed by atoms with Crippen LogP contribution >= 0.6 is 11.6 Å². The molecule has 0 radical (unpaired) electrons. The molecule has 38 heavy (non-hydrogen) atoms. The highest BCUT2D eigenvalue weighted by Gasteiger charge is 2.22. The standard InChI is InChI=1S/C27H35ClN4O6/c1-17(8-10-20-12-13-32(3)31-20)23(33)6-5-7-25(34)30-22(26(35)29-16-18(2)27(36)37)15-19-9-11-24(38-4)21(28)14-19/h5,7-14,17-18,22-23,33H,6,15-16H2,1-4H3,(H,29,35)(H,30,34)(H,36,37)/b7-5+,10-8+/t17-,18?,22?,23+/m1/s1. The minimum Gasteiger partial charge on any atom is -0.495 e. The van der Waals surface area contributed by atoms with Crippen molar-refractivity contribution in [1.29, 1.82) is 0 Å².